The summed E-state index contributed by atoms with van der Waals surface area (Å²) in [7, 11) is 0. The molecule has 0 aliphatic carbocycles. The molecule has 8 heteroatoms. The fourth-order valence-corrected chi connectivity index (χ4v) is 10.0. The predicted octanol–water partition coefficient (Wildman–Crippen LogP) is 5.47. The van der Waals surface area contributed by atoms with Crippen LogP contribution in [0.1, 0.15) is 64.0 Å². The molecule has 42 heavy (non-hydrogen) atoms. The van der Waals surface area contributed by atoms with Crippen molar-refractivity contribution in [3.8, 4) is 0 Å². The van der Waals surface area contributed by atoms with E-state index in [9.17, 15) is 14.7 Å². The van der Waals surface area contributed by atoms with E-state index in [4.69, 9.17) is 4.74 Å². The monoisotopic (exact) mass is 596 g/mol. The van der Waals surface area contributed by atoms with Crippen LogP contribution in [0.4, 0.5) is 5.69 Å². The minimum Gasteiger partial charge on any atom is -0.465 e. The molecule has 0 saturated carbocycles. The van der Waals surface area contributed by atoms with Crippen molar-refractivity contribution in [2.75, 3.05) is 24.7 Å². The van der Waals surface area contributed by atoms with Crippen molar-refractivity contribution >= 4 is 35.2 Å². The minimum atomic E-state index is -0.824. The molecule has 3 heterocycles. The van der Waals surface area contributed by atoms with Crippen LogP contribution in [0.3, 0.4) is 0 Å². The lowest BCUT2D eigenvalue weighted by atomic mass is 9.66. The molecular formula is C34H48N2O5S. The summed E-state index contributed by atoms with van der Waals surface area (Å²) < 4.78 is 4.98. The van der Waals surface area contributed by atoms with Gasteiger partial charge in [-0.05, 0) is 62.5 Å². The molecule has 8 atom stereocenters. The normalized spacial score (nSPS) is 29.2. The molecule has 230 valence electrons. The van der Waals surface area contributed by atoms with Gasteiger partial charge in [-0.25, -0.2) is 0 Å². The van der Waals surface area contributed by atoms with Gasteiger partial charge in [-0.2, -0.15) is 0 Å². The second-order valence-corrected chi connectivity index (χ2v) is 13.9. The molecule has 3 aliphatic heterocycles. The number of benzene rings is 1. The summed E-state index contributed by atoms with van der Waals surface area (Å²) in [6, 6.07) is 4.58. The number of fused-ring (bicyclic) bond motifs is 1. The lowest BCUT2D eigenvalue weighted by molar-refractivity contribution is -0.155. The number of aliphatic hydroxyl groups is 1. The highest BCUT2D eigenvalue weighted by molar-refractivity contribution is 8.02. The molecule has 3 unspecified atom stereocenters. The Labute approximate surface area is 255 Å². The Balaban J connectivity index is 1.81. The second-order valence-electron chi connectivity index (χ2n) is 12.4. The third kappa shape index (κ3) is 5.34. The van der Waals surface area contributed by atoms with Crippen molar-refractivity contribution < 1.29 is 24.2 Å². The summed E-state index contributed by atoms with van der Waals surface area (Å²) >= 11 is 1.64. The average molecular weight is 597 g/mol. The topological polar surface area (TPSA) is 87.2 Å². The van der Waals surface area contributed by atoms with Crippen LogP contribution < -0.4 is 4.90 Å². The number of para-hydroxylation sites is 1. The van der Waals surface area contributed by atoms with Gasteiger partial charge in [0.05, 0.1) is 35.8 Å². The van der Waals surface area contributed by atoms with E-state index in [1.54, 1.807) is 27.6 Å². The van der Waals surface area contributed by atoms with Gasteiger partial charge < -0.3 is 19.6 Å². The number of hydrogen-bond acceptors (Lipinski definition) is 6. The third-order valence-corrected chi connectivity index (χ3v) is 11.9. The number of rotatable bonds is 14. The second kappa shape index (κ2) is 13.4. The molecule has 0 aromatic heterocycles. The number of nitrogens with zero attached hydrogens (tertiary/aromatic N) is 2. The maximum atomic E-state index is 15.0. The van der Waals surface area contributed by atoms with Crippen LogP contribution in [-0.2, 0) is 19.1 Å². The van der Waals surface area contributed by atoms with Crippen LogP contribution in [0.5, 0.6) is 0 Å². The number of unbranched alkanes of at least 4 members (excludes halogenated alkanes) is 2. The van der Waals surface area contributed by atoms with Crippen molar-refractivity contribution in [1.82, 2.24) is 4.90 Å². The van der Waals surface area contributed by atoms with E-state index in [2.05, 4.69) is 20.1 Å². The Hall–Kier alpha value is -2.58. The zero-order chi connectivity index (χ0) is 30.8. The van der Waals surface area contributed by atoms with Gasteiger partial charge in [0.2, 0.25) is 5.91 Å². The zero-order valence-electron chi connectivity index (χ0n) is 25.9. The molecular weight excluding hydrogens is 548 g/mol. The predicted molar refractivity (Wildman–Crippen MR) is 169 cm³/mol. The number of allylic oxidation sites excluding steroid dienone is 1. The van der Waals surface area contributed by atoms with Gasteiger partial charge in [-0.15, -0.1) is 24.9 Å². The van der Waals surface area contributed by atoms with Crippen LogP contribution in [-0.4, -0.2) is 69.6 Å². The molecule has 1 aromatic carbocycles. The quantitative estimate of drug-likeness (QED) is 0.174. The minimum absolute atomic E-state index is 0.0249. The smallest absolute Gasteiger partial charge is 0.310 e. The van der Waals surface area contributed by atoms with Gasteiger partial charge in [0.1, 0.15) is 6.04 Å². The molecule has 7 nitrogen and oxygen atoms in total. The van der Waals surface area contributed by atoms with Gasteiger partial charge in [0, 0.05) is 17.5 Å². The summed E-state index contributed by atoms with van der Waals surface area (Å²) in [5, 5.41) is 10.6. The number of hydrogen-bond donors (Lipinski definition) is 1. The highest BCUT2D eigenvalue weighted by atomic mass is 32.2. The number of amides is 2. The first kappa shape index (κ1) is 32.3. The summed E-state index contributed by atoms with van der Waals surface area (Å²) in [6.45, 7) is 18.2. The molecule has 2 bridgehead atoms. The van der Waals surface area contributed by atoms with Crippen LogP contribution >= 0.6 is 11.8 Å². The summed E-state index contributed by atoms with van der Waals surface area (Å²) in [4.78, 5) is 46.7. The maximum absolute atomic E-state index is 15.0. The van der Waals surface area contributed by atoms with Crippen molar-refractivity contribution in [1.29, 1.82) is 0 Å². The van der Waals surface area contributed by atoms with E-state index >= 15 is 4.79 Å². The number of aryl methyl sites for hydroxylation is 2. The van der Waals surface area contributed by atoms with Crippen molar-refractivity contribution in [3.63, 3.8) is 0 Å². The number of likely N-dealkylation sites (tertiary alicyclic amines) is 1. The van der Waals surface area contributed by atoms with Gasteiger partial charge in [-0.1, -0.05) is 57.5 Å². The Bertz CT molecular complexity index is 1180. The lowest BCUT2D eigenvalue weighted by Gasteiger charge is -2.43. The molecule has 1 aromatic rings. The van der Waals surface area contributed by atoms with E-state index in [1.807, 2.05) is 52.0 Å². The SMILES string of the molecule is C=CCCCCOC(=O)[C@@H]1[C@@H]2CC(C)C3(S2)C(C(=O)N(CC=C)c2c(C)cccc2C)N([C@@H](CO)[C@@H](C)CC)C(=O)[C@H]13. The average Bonchev–Trinajstić information content (AvgIpc) is 3.56. The van der Waals surface area contributed by atoms with Gasteiger partial charge in [-0.3, -0.25) is 14.4 Å². The van der Waals surface area contributed by atoms with E-state index in [-0.39, 0.29) is 48.0 Å². The van der Waals surface area contributed by atoms with E-state index in [0.29, 0.717) is 6.61 Å². The van der Waals surface area contributed by atoms with Crippen molar-refractivity contribution in [2.24, 2.45) is 23.7 Å². The molecule has 3 fully saturated rings. The molecule has 2 amide bonds. The van der Waals surface area contributed by atoms with Crippen LogP contribution in [0, 0.1) is 37.5 Å². The first-order chi connectivity index (χ1) is 20.1. The maximum Gasteiger partial charge on any atom is 0.310 e. The Morgan fingerprint density at radius 2 is 1.93 bits per heavy atom. The molecule has 3 aliphatic rings. The summed E-state index contributed by atoms with van der Waals surface area (Å²) in [5.41, 5.74) is 2.74. The van der Waals surface area contributed by atoms with Gasteiger partial charge in [0.15, 0.2) is 0 Å². The van der Waals surface area contributed by atoms with E-state index in [1.165, 1.54) is 0 Å². The number of ether oxygens (including phenoxy) is 1. The first-order valence-corrected chi connectivity index (χ1v) is 16.3. The molecule has 1 N–H and O–H groups in total. The number of anilines is 1. The standard InChI is InChI=1S/C34H48N2O5S/c1-8-11-12-13-18-41-33(40)27-26-19-24(7)34(42-26)28(27)31(38)36(25(20-37)21(4)10-3)30(34)32(39)35(17-9-2)29-22(5)15-14-16-23(29)6/h8-9,14-16,21,24-28,30,37H,1-2,10-13,17-20H2,3-7H3/t21-,24?,25-,26-,27+,28-,30?,34?/m0/s1. The van der Waals surface area contributed by atoms with Crippen LogP contribution in [0.2, 0.25) is 0 Å². The number of carbonyl (C=O) groups is 3. The number of aliphatic hydroxyl groups excluding tert-OH is 1. The Kier molecular flexibility index (Phi) is 10.3. The van der Waals surface area contributed by atoms with Crippen LogP contribution in [0.15, 0.2) is 43.5 Å². The number of esters is 1. The summed E-state index contributed by atoms with van der Waals surface area (Å²) in [5.74, 6) is -2.02. The largest absolute Gasteiger partial charge is 0.465 e. The summed E-state index contributed by atoms with van der Waals surface area (Å²) in [6.07, 6.45) is 7.53. The van der Waals surface area contributed by atoms with Crippen molar-refractivity contribution in [2.45, 2.75) is 88.8 Å². The first-order valence-electron chi connectivity index (χ1n) is 15.5. The third-order valence-electron chi connectivity index (χ3n) is 9.87. The Morgan fingerprint density at radius 3 is 2.52 bits per heavy atom. The highest BCUT2D eigenvalue weighted by Gasteiger charge is 2.77. The zero-order valence-corrected chi connectivity index (χ0v) is 26.7. The molecule has 4 rings (SSSR count). The van der Waals surface area contributed by atoms with Gasteiger partial charge in [0.25, 0.3) is 5.91 Å². The molecule has 0 radical (unpaired) electrons. The molecule has 3 saturated heterocycles. The van der Waals surface area contributed by atoms with Gasteiger partial charge >= 0.3 is 5.97 Å². The lowest BCUT2D eigenvalue weighted by Crippen LogP contribution is -2.60. The van der Waals surface area contributed by atoms with Crippen LogP contribution in [0.25, 0.3) is 0 Å². The van der Waals surface area contributed by atoms with Crippen molar-refractivity contribution in [3.05, 3.63) is 54.6 Å². The number of thioether (sulfide) groups is 1. The van der Waals surface area contributed by atoms with E-state index in [0.717, 1.165) is 48.9 Å². The highest BCUT2D eigenvalue weighted by Crippen LogP contribution is 2.69. The molecule has 1 spiro atoms. The number of carbonyl (C=O) groups excluding carboxylic acids is 3. The fourth-order valence-electron chi connectivity index (χ4n) is 7.64. The van der Waals surface area contributed by atoms with E-state index < -0.39 is 28.7 Å². The Morgan fingerprint density at radius 1 is 1.24 bits per heavy atom. The fraction of sp³-hybridized carbons (Fsp3) is 0.618.